The monoisotopic (exact) mass is 257 g/mol. The summed E-state index contributed by atoms with van der Waals surface area (Å²) < 4.78 is 1.09. The molecule has 0 amide bonds. The Bertz CT molecular complexity index is 283. The zero-order valence-electron chi connectivity index (χ0n) is 9.69. The van der Waals surface area contributed by atoms with Crippen molar-refractivity contribution in [1.29, 1.82) is 0 Å². The molecule has 1 atom stereocenters. The van der Waals surface area contributed by atoms with Gasteiger partial charge in [-0.15, -0.1) is 10.2 Å². The number of hydrogen-bond donors (Lipinski definition) is 1. The van der Waals surface area contributed by atoms with Gasteiger partial charge in [-0.25, -0.2) is 0 Å². The summed E-state index contributed by atoms with van der Waals surface area (Å²) in [6.07, 6.45) is 7.03. The van der Waals surface area contributed by atoms with Crippen LogP contribution < -0.4 is 5.32 Å². The van der Waals surface area contributed by atoms with Gasteiger partial charge in [-0.3, -0.25) is 0 Å². The second-order valence-corrected chi connectivity index (χ2v) is 6.41. The third-order valence-electron chi connectivity index (χ3n) is 3.32. The minimum atomic E-state index is 0.634. The molecular weight excluding hydrogens is 238 g/mol. The van der Waals surface area contributed by atoms with Gasteiger partial charge in [0.1, 0.15) is 5.51 Å². The highest BCUT2D eigenvalue weighted by Crippen LogP contribution is 2.29. The molecule has 3 nitrogen and oxygen atoms in total. The Morgan fingerprint density at radius 2 is 2.31 bits per heavy atom. The Kier molecular flexibility index (Phi) is 5.06. The summed E-state index contributed by atoms with van der Waals surface area (Å²) in [5, 5.41) is 11.4. The lowest BCUT2D eigenvalue weighted by Gasteiger charge is -2.29. The first-order valence-electron chi connectivity index (χ1n) is 5.96. The molecule has 5 heteroatoms. The maximum Gasteiger partial charge on any atom is 0.174 e. The quantitative estimate of drug-likeness (QED) is 0.823. The highest BCUT2D eigenvalue weighted by molar-refractivity contribution is 8.01. The van der Waals surface area contributed by atoms with Gasteiger partial charge in [-0.05, 0) is 25.8 Å². The first-order valence-corrected chi connectivity index (χ1v) is 7.83. The molecule has 0 bridgehead atoms. The van der Waals surface area contributed by atoms with E-state index in [2.05, 4.69) is 22.6 Å². The summed E-state index contributed by atoms with van der Waals surface area (Å²) in [7, 11) is 2.08. The van der Waals surface area contributed by atoms with Crippen molar-refractivity contribution in [2.75, 3.05) is 12.8 Å². The molecule has 1 saturated carbocycles. The molecule has 90 valence electrons. The highest BCUT2D eigenvalue weighted by Gasteiger charge is 2.22. The number of nitrogens with one attached hydrogen (secondary N) is 1. The maximum absolute atomic E-state index is 4.07. The molecule has 1 unspecified atom stereocenters. The smallest absolute Gasteiger partial charge is 0.174 e. The van der Waals surface area contributed by atoms with E-state index in [1.165, 1.54) is 32.1 Å². The molecule has 1 heterocycles. The van der Waals surface area contributed by atoms with E-state index in [1.54, 1.807) is 16.8 Å². The summed E-state index contributed by atoms with van der Waals surface area (Å²) >= 11 is 3.47. The van der Waals surface area contributed by atoms with E-state index < -0.39 is 0 Å². The maximum atomic E-state index is 4.07. The molecule has 0 radical (unpaired) electrons. The molecule has 1 aromatic heterocycles. The van der Waals surface area contributed by atoms with E-state index in [9.17, 15) is 0 Å². The van der Waals surface area contributed by atoms with Crippen LogP contribution in [-0.4, -0.2) is 29.0 Å². The SMILES string of the molecule is CNC(CSc1nncs1)C1CCCCC1. The second-order valence-electron chi connectivity index (χ2n) is 4.31. The van der Waals surface area contributed by atoms with E-state index in [0.29, 0.717) is 6.04 Å². The largest absolute Gasteiger partial charge is 0.316 e. The number of rotatable bonds is 5. The van der Waals surface area contributed by atoms with Crippen LogP contribution in [0.1, 0.15) is 32.1 Å². The normalized spacial score (nSPS) is 19.8. The first kappa shape index (κ1) is 12.3. The van der Waals surface area contributed by atoms with Crippen LogP contribution in [0.25, 0.3) is 0 Å². The third kappa shape index (κ3) is 3.43. The minimum Gasteiger partial charge on any atom is -0.316 e. The molecule has 0 aliphatic heterocycles. The van der Waals surface area contributed by atoms with Crippen LogP contribution in [0, 0.1) is 5.92 Å². The van der Waals surface area contributed by atoms with Crippen molar-refractivity contribution < 1.29 is 0 Å². The average Bonchev–Trinajstić information content (AvgIpc) is 2.84. The Labute approximate surface area is 105 Å². The number of thioether (sulfide) groups is 1. The Hall–Kier alpha value is -0.130. The Balaban J connectivity index is 1.80. The van der Waals surface area contributed by atoms with E-state index in [1.807, 2.05) is 11.8 Å². The first-order chi connectivity index (χ1) is 7.90. The van der Waals surface area contributed by atoms with Crippen molar-refractivity contribution in [3.63, 3.8) is 0 Å². The minimum absolute atomic E-state index is 0.634. The third-order valence-corrected chi connectivity index (χ3v) is 5.30. The number of aromatic nitrogens is 2. The Morgan fingerprint density at radius 3 is 2.94 bits per heavy atom. The van der Waals surface area contributed by atoms with Crippen molar-refractivity contribution in [1.82, 2.24) is 15.5 Å². The van der Waals surface area contributed by atoms with Gasteiger partial charge in [0.05, 0.1) is 0 Å². The average molecular weight is 257 g/mol. The van der Waals surface area contributed by atoms with Crippen LogP contribution in [0.4, 0.5) is 0 Å². The molecule has 1 N–H and O–H groups in total. The lowest BCUT2D eigenvalue weighted by Crippen LogP contribution is -2.36. The van der Waals surface area contributed by atoms with Gasteiger partial charge in [-0.1, -0.05) is 42.4 Å². The molecule has 0 aromatic carbocycles. The molecule has 1 aromatic rings. The lowest BCUT2D eigenvalue weighted by atomic mass is 9.84. The zero-order valence-corrected chi connectivity index (χ0v) is 11.3. The summed E-state index contributed by atoms with van der Waals surface area (Å²) in [6, 6.07) is 0.634. The van der Waals surface area contributed by atoms with Crippen molar-refractivity contribution in [2.24, 2.45) is 5.92 Å². The van der Waals surface area contributed by atoms with Gasteiger partial charge >= 0.3 is 0 Å². The van der Waals surface area contributed by atoms with Gasteiger partial charge in [-0.2, -0.15) is 0 Å². The molecule has 2 rings (SSSR count). The molecule has 16 heavy (non-hydrogen) atoms. The summed E-state index contributed by atoms with van der Waals surface area (Å²) in [6.45, 7) is 0. The van der Waals surface area contributed by atoms with Crippen LogP contribution in [0.15, 0.2) is 9.85 Å². The number of hydrogen-bond acceptors (Lipinski definition) is 5. The fourth-order valence-electron chi connectivity index (χ4n) is 2.38. The van der Waals surface area contributed by atoms with Gasteiger partial charge in [0.2, 0.25) is 0 Å². The summed E-state index contributed by atoms with van der Waals surface area (Å²) in [5.41, 5.74) is 1.80. The van der Waals surface area contributed by atoms with Gasteiger partial charge < -0.3 is 5.32 Å². The van der Waals surface area contributed by atoms with Gasteiger partial charge in [0.15, 0.2) is 4.34 Å². The molecule has 1 aliphatic rings. The van der Waals surface area contributed by atoms with Crippen molar-refractivity contribution in [3.8, 4) is 0 Å². The highest BCUT2D eigenvalue weighted by atomic mass is 32.2. The zero-order chi connectivity index (χ0) is 11.2. The van der Waals surface area contributed by atoms with Gasteiger partial charge in [0.25, 0.3) is 0 Å². The van der Waals surface area contributed by atoms with Crippen LogP contribution >= 0.6 is 23.1 Å². The molecule has 1 fully saturated rings. The fraction of sp³-hybridized carbons (Fsp3) is 0.818. The predicted octanol–water partition coefficient (Wildman–Crippen LogP) is 2.80. The molecule has 0 saturated heterocycles. The van der Waals surface area contributed by atoms with E-state index >= 15 is 0 Å². The van der Waals surface area contributed by atoms with Gasteiger partial charge in [0, 0.05) is 11.8 Å². The Morgan fingerprint density at radius 1 is 1.50 bits per heavy atom. The van der Waals surface area contributed by atoms with E-state index in [4.69, 9.17) is 0 Å². The second kappa shape index (κ2) is 6.57. The fourth-order valence-corrected chi connectivity index (χ4v) is 4.13. The molecule has 0 spiro atoms. The summed E-state index contributed by atoms with van der Waals surface area (Å²) in [4.78, 5) is 0. The predicted molar refractivity (Wildman–Crippen MR) is 70.1 cm³/mol. The lowest BCUT2D eigenvalue weighted by molar-refractivity contribution is 0.294. The van der Waals surface area contributed by atoms with Crippen molar-refractivity contribution in [3.05, 3.63) is 5.51 Å². The molecular formula is C11H19N3S2. The van der Waals surface area contributed by atoms with E-state index in [-0.39, 0.29) is 0 Å². The van der Waals surface area contributed by atoms with Crippen molar-refractivity contribution in [2.45, 2.75) is 42.5 Å². The van der Waals surface area contributed by atoms with Crippen LogP contribution in [0.2, 0.25) is 0 Å². The van der Waals surface area contributed by atoms with E-state index in [0.717, 1.165) is 16.0 Å². The van der Waals surface area contributed by atoms with Crippen molar-refractivity contribution >= 4 is 23.1 Å². The standard InChI is InChI=1S/C11H19N3S2/c1-12-10(9-5-3-2-4-6-9)7-15-11-14-13-8-16-11/h8-10,12H,2-7H2,1H3. The van der Waals surface area contributed by atoms with Crippen LogP contribution in [0.3, 0.4) is 0 Å². The molecule has 1 aliphatic carbocycles. The van der Waals surface area contributed by atoms with Crippen LogP contribution in [0.5, 0.6) is 0 Å². The topological polar surface area (TPSA) is 37.8 Å². The number of nitrogens with zero attached hydrogens (tertiary/aromatic N) is 2. The van der Waals surface area contributed by atoms with Crippen LogP contribution in [-0.2, 0) is 0 Å². The summed E-state index contributed by atoms with van der Waals surface area (Å²) in [5.74, 6) is 1.98.